The molecule has 1 heterocycles. The summed E-state index contributed by atoms with van der Waals surface area (Å²) in [5.74, 6) is 0.350. The molecule has 1 aromatic carbocycles. The Kier molecular flexibility index (Phi) is 4.85. The first-order valence-electron chi connectivity index (χ1n) is 8.59. The highest BCUT2D eigenvalue weighted by Gasteiger charge is 2.37. The van der Waals surface area contributed by atoms with E-state index in [4.69, 9.17) is 14.2 Å². The lowest BCUT2D eigenvalue weighted by Crippen LogP contribution is -2.26. The Balaban J connectivity index is 2.72. The van der Waals surface area contributed by atoms with Crippen LogP contribution in [0.3, 0.4) is 0 Å². The largest absolute Gasteiger partial charge is 0.493 e. The van der Waals surface area contributed by atoms with Crippen molar-refractivity contribution in [2.45, 2.75) is 72.0 Å². The van der Waals surface area contributed by atoms with Gasteiger partial charge in [0.1, 0.15) is 5.75 Å². The predicted octanol–water partition coefficient (Wildman–Crippen LogP) is 4.90. The summed E-state index contributed by atoms with van der Waals surface area (Å²) in [5.41, 5.74) is 3.46. The lowest BCUT2D eigenvalue weighted by molar-refractivity contribution is -0.149. The van der Waals surface area contributed by atoms with Gasteiger partial charge in [0.15, 0.2) is 5.79 Å². The van der Waals surface area contributed by atoms with Crippen LogP contribution in [0.5, 0.6) is 5.75 Å². The quantitative estimate of drug-likeness (QED) is 0.793. The highest BCUT2D eigenvalue weighted by molar-refractivity contribution is 5.51. The van der Waals surface area contributed by atoms with Crippen molar-refractivity contribution in [3.8, 4) is 5.75 Å². The van der Waals surface area contributed by atoms with Crippen LogP contribution in [0.15, 0.2) is 12.1 Å². The van der Waals surface area contributed by atoms with E-state index in [1.54, 1.807) is 0 Å². The molecular weight excluding hydrogens is 288 g/mol. The van der Waals surface area contributed by atoms with Gasteiger partial charge in [-0.15, -0.1) is 0 Å². The normalized spacial score (nSPS) is 18.3. The van der Waals surface area contributed by atoms with E-state index in [0.29, 0.717) is 19.8 Å². The lowest BCUT2D eigenvalue weighted by atomic mass is 9.77. The first kappa shape index (κ1) is 18.3. The van der Waals surface area contributed by atoms with Gasteiger partial charge in [0.2, 0.25) is 0 Å². The molecule has 0 spiro atoms. The fourth-order valence-corrected chi connectivity index (χ4v) is 2.99. The molecule has 0 radical (unpaired) electrons. The zero-order chi connectivity index (χ0) is 17.5. The SMILES string of the molecule is CCOc1c(C(C)(C)C)cc(C2(C)OCCO2)cc1C(C)(C)C. The van der Waals surface area contributed by atoms with Crippen molar-refractivity contribution in [3.05, 3.63) is 28.8 Å². The minimum absolute atomic E-state index is 0.0184. The molecule has 0 aliphatic carbocycles. The van der Waals surface area contributed by atoms with E-state index in [1.807, 2.05) is 13.8 Å². The number of hydrogen-bond acceptors (Lipinski definition) is 3. The molecule has 0 saturated carbocycles. The molecule has 0 amide bonds. The van der Waals surface area contributed by atoms with Gasteiger partial charge in [-0.1, -0.05) is 41.5 Å². The van der Waals surface area contributed by atoms with Crippen molar-refractivity contribution < 1.29 is 14.2 Å². The zero-order valence-electron chi connectivity index (χ0n) is 16.0. The van der Waals surface area contributed by atoms with Gasteiger partial charge in [-0.05, 0) is 36.8 Å². The fourth-order valence-electron chi connectivity index (χ4n) is 2.99. The van der Waals surface area contributed by atoms with Gasteiger partial charge in [-0.2, -0.15) is 0 Å². The van der Waals surface area contributed by atoms with Gasteiger partial charge >= 0.3 is 0 Å². The standard InChI is InChI=1S/C20H32O3/c1-9-21-17-15(18(2,3)4)12-14(13-16(17)19(5,6)7)20(8)22-10-11-23-20/h12-13H,9-11H2,1-8H3. The maximum absolute atomic E-state index is 6.09. The van der Waals surface area contributed by atoms with Gasteiger partial charge < -0.3 is 14.2 Å². The van der Waals surface area contributed by atoms with Gasteiger partial charge in [-0.3, -0.25) is 0 Å². The van der Waals surface area contributed by atoms with E-state index in [-0.39, 0.29) is 10.8 Å². The Morgan fingerprint density at radius 3 is 1.74 bits per heavy atom. The first-order chi connectivity index (χ1) is 10.5. The Morgan fingerprint density at radius 2 is 1.39 bits per heavy atom. The molecule has 130 valence electrons. The zero-order valence-corrected chi connectivity index (χ0v) is 16.0. The van der Waals surface area contributed by atoms with Gasteiger partial charge in [0.25, 0.3) is 0 Å². The summed E-state index contributed by atoms with van der Waals surface area (Å²) in [6.45, 7) is 19.3. The molecule has 2 rings (SSSR count). The van der Waals surface area contributed by atoms with Crippen molar-refractivity contribution in [1.29, 1.82) is 0 Å². The van der Waals surface area contributed by atoms with Crippen LogP contribution in [0.2, 0.25) is 0 Å². The maximum atomic E-state index is 6.09. The van der Waals surface area contributed by atoms with Crippen LogP contribution in [-0.2, 0) is 26.1 Å². The monoisotopic (exact) mass is 320 g/mol. The molecule has 3 heteroatoms. The highest BCUT2D eigenvalue weighted by atomic mass is 16.7. The molecule has 1 aliphatic rings. The van der Waals surface area contributed by atoms with E-state index in [1.165, 1.54) is 11.1 Å². The van der Waals surface area contributed by atoms with Crippen LogP contribution in [0.4, 0.5) is 0 Å². The molecule has 0 atom stereocenters. The topological polar surface area (TPSA) is 27.7 Å². The van der Waals surface area contributed by atoms with Crippen LogP contribution < -0.4 is 4.74 Å². The summed E-state index contributed by atoms with van der Waals surface area (Å²) < 4.78 is 17.9. The summed E-state index contributed by atoms with van der Waals surface area (Å²) >= 11 is 0. The average Bonchev–Trinajstić information content (AvgIpc) is 2.84. The van der Waals surface area contributed by atoms with Crippen molar-refractivity contribution >= 4 is 0 Å². The molecule has 1 saturated heterocycles. The van der Waals surface area contributed by atoms with E-state index in [0.717, 1.165) is 11.3 Å². The molecule has 0 N–H and O–H groups in total. The van der Waals surface area contributed by atoms with Crippen LogP contribution >= 0.6 is 0 Å². The molecular formula is C20H32O3. The average molecular weight is 320 g/mol. The second-order valence-corrected chi connectivity index (χ2v) is 8.48. The van der Waals surface area contributed by atoms with Gasteiger partial charge in [-0.25, -0.2) is 0 Å². The van der Waals surface area contributed by atoms with E-state index >= 15 is 0 Å². The molecule has 1 aromatic rings. The van der Waals surface area contributed by atoms with Crippen LogP contribution in [0.1, 0.15) is 72.1 Å². The van der Waals surface area contributed by atoms with E-state index < -0.39 is 5.79 Å². The minimum atomic E-state index is -0.662. The second kappa shape index (κ2) is 6.10. The lowest BCUT2D eigenvalue weighted by Gasteiger charge is -2.33. The molecule has 23 heavy (non-hydrogen) atoms. The fraction of sp³-hybridized carbons (Fsp3) is 0.700. The summed E-state index contributed by atoms with van der Waals surface area (Å²) in [5, 5.41) is 0. The maximum Gasteiger partial charge on any atom is 0.192 e. The van der Waals surface area contributed by atoms with Crippen LogP contribution in [0.25, 0.3) is 0 Å². The Hall–Kier alpha value is -1.06. The summed E-state index contributed by atoms with van der Waals surface area (Å²) in [6, 6.07) is 4.40. The molecule has 0 aromatic heterocycles. The molecule has 1 aliphatic heterocycles. The third-order valence-corrected chi connectivity index (χ3v) is 4.36. The molecule has 3 nitrogen and oxygen atoms in total. The van der Waals surface area contributed by atoms with Crippen LogP contribution in [-0.4, -0.2) is 19.8 Å². The molecule has 0 unspecified atom stereocenters. The van der Waals surface area contributed by atoms with Crippen molar-refractivity contribution in [3.63, 3.8) is 0 Å². The number of benzene rings is 1. The highest BCUT2D eigenvalue weighted by Crippen LogP contribution is 2.44. The van der Waals surface area contributed by atoms with Crippen LogP contribution in [0, 0.1) is 0 Å². The molecule has 0 bridgehead atoms. The Morgan fingerprint density at radius 1 is 0.957 bits per heavy atom. The van der Waals surface area contributed by atoms with Crippen molar-refractivity contribution in [1.82, 2.24) is 0 Å². The number of hydrogen-bond donors (Lipinski definition) is 0. The summed E-state index contributed by atoms with van der Waals surface area (Å²) in [7, 11) is 0. The smallest absolute Gasteiger partial charge is 0.192 e. The summed E-state index contributed by atoms with van der Waals surface area (Å²) in [4.78, 5) is 0. The summed E-state index contributed by atoms with van der Waals surface area (Å²) in [6.07, 6.45) is 0. The van der Waals surface area contributed by atoms with E-state index in [2.05, 4.69) is 53.7 Å². The van der Waals surface area contributed by atoms with Gasteiger partial charge in [0, 0.05) is 16.7 Å². The third-order valence-electron chi connectivity index (χ3n) is 4.36. The minimum Gasteiger partial charge on any atom is -0.493 e. The van der Waals surface area contributed by atoms with Crippen molar-refractivity contribution in [2.75, 3.05) is 19.8 Å². The molecule has 1 fully saturated rings. The van der Waals surface area contributed by atoms with E-state index in [9.17, 15) is 0 Å². The predicted molar refractivity (Wildman–Crippen MR) is 94.3 cm³/mol. The van der Waals surface area contributed by atoms with Crippen molar-refractivity contribution in [2.24, 2.45) is 0 Å². The Labute approximate surface area is 141 Å². The number of ether oxygens (including phenoxy) is 3. The second-order valence-electron chi connectivity index (χ2n) is 8.48. The third kappa shape index (κ3) is 3.72. The van der Waals surface area contributed by atoms with Gasteiger partial charge in [0.05, 0.1) is 19.8 Å². The first-order valence-corrected chi connectivity index (χ1v) is 8.59. The number of rotatable bonds is 3. The Bertz CT molecular complexity index is 520.